The van der Waals surface area contributed by atoms with Gasteiger partial charge in [0.25, 0.3) is 5.91 Å². The Morgan fingerprint density at radius 1 is 1.20 bits per heavy atom. The van der Waals surface area contributed by atoms with Gasteiger partial charge in [-0.2, -0.15) is 0 Å². The standard InChI is InChI=1S/C19H30N2O3.ClH/c1-4-10-23-17-7-6-15(12-18(17)24-11-5-2)19(22)21-16-13-20-9-8-14(16)3;/h6-7,12,14,16,20H,4-5,8-11,13H2,1-3H3,(H,21,22);1H. The van der Waals surface area contributed by atoms with Crippen molar-refractivity contribution < 1.29 is 14.3 Å². The molecule has 1 fully saturated rings. The fourth-order valence-electron chi connectivity index (χ4n) is 2.74. The molecule has 0 bridgehead atoms. The number of carbonyl (C=O) groups is 1. The van der Waals surface area contributed by atoms with E-state index in [-0.39, 0.29) is 24.4 Å². The van der Waals surface area contributed by atoms with Crippen LogP contribution >= 0.6 is 12.4 Å². The molecule has 0 spiro atoms. The van der Waals surface area contributed by atoms with Crippen LogP contribution in [0.4, 0.5) is 0 Å². The van der Waals surface area contributed by atoms with Crippen molar-refractivity contribution in [2.24, 2.45) is 5.92 Å². The Balaban J connectivity index is 0.00000312. The van der Waals surface area contributed by atoms with Crippen LogP contribution in [-0.4, -0.2) is 38.3 Å². The van der Waals surface area contributed by atoms with Gasteiger partial charge in [0.15, 0.2) is 11.5 Å². The van der Waals surface area contributed by atoms with Gasteiger partial charge in [-0.3, -0.25) is 4.79 Å². The highest BCUT2D eigenvalue weighted by molar-refractivity contribution is 5.95. The third kappa shape index (κ3) is 6.40. The van der Waals surface area contributed by atoms with Crippen LogP contribution in [0.25, 0.3) is 0 Å². The average molecular weight is 371 g/mol. The second-order valence-electron chi connectivity index (χ2n) is 6.41. The predicted octanol–water partition coefficient (Wildman–Crippen LogP) is 3.41. The van der Waals surface area contributed by atoms with Crippen molar-refractivity contribution in [1.82, 2.24) is 10.6 Å². The minimum Gasteiger partial charge on any atom is -0.490 e. The highest BCUT2D eigenvalue weighted by atomic mass is 35.5. The third-order valence-electron chi connectivity index (χ3n) is 4.27. The van der Waals surface area contributed by atoms with E-state index in [4.69, 9.17) is 9.47 Å². The van der Waals surface area contributed by atoms with Gasteiger partial charge in [0.05, 0.1) is 13.2 Å². The fraction of sp³-hybridized carbons (Fsp3) is 0.632. The van der Waals surface area contributed by atoms with Crippen LogP contribution in [0.2, 0.25) is 0 Å². The molecule has 2 unspecified atom stereocenters. The van der Waals surface area contributed by atoms with Crippen LogP contribution in [-0.2, 0) is 0 Å². The lowest BCUT2D eigenvalue weighted by atomic mass is 9.94. The molecule has 1 heterocycles. The Morgan fingerprint density at radius 2 is 1.88 bits per heavy atom. The lowest BCUT2D eigenvalue weighted by molar-refractivity contribution is 0.0914. The molecule has 2 atom stereocenters. The Morgan fingerprint density at radius 3 is 2.52 bits per heavy atom. The lowest BCUT2D eigenvalue weighted by Crippen LogP contribution is -2.50. The summed E-state index contributed by atoms with van der Waals surface area (Å²) < 4.78 is 11.5. The summed E-state index contributed by atoms with van der Waals surface area (Å²) in [7, 11) is 0. The minimum atomic E-state index is -0.0565. The fourth-order valence-corrected chi connectivity index (χ4v) is 2.74. The molecule has 1 amide bonds. The second kappa shape index (κ2) is 11.2. The summed E-state index contributed by atoms with van der Waals surface area (Å²) in [6.07, 6.45) is 2.93. The zero-order chi connectivity index (χ0) is 17.4. The number of nitrogens with one attached hydrogen (secondary N) is 2. The molecule has 0 radical (unpaired) electrons. The number of hydrogen-bond donors (Lipinski definition) is 2. The van der Waals surface area contributed by atoms with E-state index >= 15 is 0 Å². The summed E-state index contributed by atoms with van der Waals surface area (Å²) in [5, 5.41) is 6.47. The Labute approximate surface area is 157 Å². The van der Waals surface area contributed by atoms with Gasteiger partial charge < -0.3 is 20.1 Å². The summed E-state index contributed by atoms with van der Waals surface area (Å²) >= 11 is 0. The smallest absolute Gasteiger partial charge is 0.251 e. The van der Waals surface area contributed by atoms with Crippen molar-refractivity contribution in [3.8, 4) is 11.5 Å². The van der Waals surface area contributed by atoms with Gasteiger partial charge in [-0.05, 0) is 49.9 Å². The normalized spacial score (nSPS) is 19.6. The average Bonchev–Trinajstić information content (AvgIpc) is 2.60. The van der Waals surface area contributed by atoms with Gasteiger partial charge in [-0.1, -0.05) is 20.8 Å². The monoisotopic (exact) mass is 370 g/mol. The summed E-state index contributed by atoms with van der Waals surface area (Å²) in [4.78, 5) is 12.6. The van der Waals surface area contributed by atoms with Crippen molar-refractivity contribution >= 4 is 18.3 Å². The highest BCUT2D eigenvalue weighted by Gasteiger charge is 2.23. The summed E-state index contributed by atoms with van der Waals surface area (Å²) in [6, 6.07) is 5.59. The number of hydrogen-bond acceptors (Lipinski definition) is 4. The number of piperidine rings is 1. The van der Waals surface area contributed by atoms with Crippen LogP contribution in [0, 0.1) is 5.92 Å². The van der Waals surface area contributed by atoms with Crippen molar-refractivity contribution in [2.45, 2.75) is 46.1 Å². The Bertz CT molecular complexity index is 539. The molecule has 2 rings (SSSR count). The molecule has 0 aromatic heterocycles. The van der Waals surface area contributed by atoms with Crippen LogP contribution in [0.15, 0.2) is 18.2 Å². The summed E-state index contributed by atoms with van der Waals surface area (Å²) in [5.74, 6) is 1.78. The molecule has 142 valence electrons. The number of amides is 1. The van der Waals surface area contributed by atoms with Gasteiger partial charge in [-0.25, -0.2) is 0 Å². The molecule has 6 heteroatoms. The molecule has 1 saturated heterocycles. The van der Waals surface area contributed by atoms with E-state index in [0.29, 0.717) is 36.2 Å². The summed E-state index contributed by atoms with van der Waals surface area (Å²) in [6.45, 7) is 9.39. The topological polar surface area (TPSA) is 59.6 Å². The maximum atomic E-state index is 12.6. The van der Waals surface area contributed by atoms with Gasteiger partial charge in [0.1, 0.15) is 0 Å². The number of halogens is 1. The predicted molar refractivity (Wildman–Crippen MR) is 103 cm³/mol. The van der Waals surface area contributed by atoms with E-state index in [2.05, 4.69) is 31.4 Å². The highest BCUT2D eigenvalue weighted by Crippen LogP contribution is 2.29. The van der Waals surface area contributed by atoms with E-state index in [0.717, 1.165) is 32.4 Å². The molecule has 5 nitrogen and oxygen atoms in total. The summed E-state index contributed by atoms with van der Waals surface area (Å²) in [5.41, 5.74) is 0.614. The Hall–Kier alpha value is -1.46. The first-order chi connectivity index (χ1) is 11.7. The molecule has 1 aliphatic rings. The van der Waals surface area contributed by atoms with Crippen LogP contribution in [0.1, 0.15) is 50.4 Å². The Kier molecular flexibility index (Phi) is 9.68. The van der Waals surface area contributed by atoms with Crippen LogP contribution in [0.3, 0.4) is 0 Å². The molecule has 0 aliphatic carbocycles. The third-order valence-corrected chi connectivity index (χ3v) is 4.27. The molecular formula is C19H31ClN2O3. The van der Waals surface area contributed by atoms with Gasteiger partial charge in [0, 0.05) is 18.2 Å². The first-order valence-corrected chi connectivity index (χ1v) is 9.06. The van der Waals surface area contributed by atoms with E-state index in [1.165, 1.54) is 0 Å². The van der Waals surface area contributed by atoms with Gasteiger partial charge in [0.2, 0.25) is 0 Å². The lowest BCUT2D eigenvalue weighted by Gasteiger charge is -2.30. The minimum absolute atomic E-state index is 0. The van der Waals surface area contributed by atoms with Crippen LogP contribution in [0.5, 0.6) is 11.5 Å². The zero-order valence-electron chi connectivity index (χ0n) is 15.5. The van der Waals surface area contributed by atoms with Crippen LogP contribution < -0.4 is 20.1 Å². The largest absolute Gasteiger partial charge is 0.490 e. The van der Waals surface area contributed by atoms with Crippen molar-refractivity contribution in [2.75, 3.05) is 26.3 Å². The van der Waals surface area contributed by atoms with Gasteiger partial charge in [-0.15, -0.1) is 12.4 Å². The van der Waals surface area contributed by atoms with Crippen molar-refractivity contribution in [3.05, 3.63) is 23.8 Å². The molecular weight excluding hydrogens is 340 g/mol. The molecule has 0 saturated carbocycles. The van der Waals surface area contributed by atoms with E-state index in [1.807, 2.05) is 6.07 Å². The first-order valence-electron chi connectivity index (χ1n) is 9.06. The molecule has 1 aliphatic heterocycles. The quantitative estimate of drug-likeness (QED) is 0.736. The van der Waals surface area contributed by atoms with E-state index in [1.54, 1.807) is 12.1 Å². The van der Waals surface area contributed by atoms with Crippen molar-refractivity contribution in [1.29, 1.82) is 0 Å². The number of benzene rings is 1. The maximum Gasteiger partial charge on any atom is 0.251 e. The van der Waals surface area contributed by atoms with Gasteiger partial charge >= 0.3 is 0 Å². The molecule has 2 N–H and O–H groups in total. The number of rotatable bonds is 8. The zero-order valence-corrected chi connectivity index (χ0v) is 16.3. The number of carbonyl (C=O) groups excluding carboxylic acids is 1. The van der Waals surface area contributed by atoms with E-state index < -0.39 is 0 Å². The SMILES string of the molecule is CCCOc1ccc(C(=O)NC2CNCCC2C)cc1OCCC.Cl. The first kappa shape index (κ1) is 21.6. The van der Waals surface area contributed by atoms with Crippen molar-refractivity contribution in [3.63, 3.8) is 0 Å². The number of ether oxygens (including phenoxy) is 2. The van der Waals surface area contributed by atoms with E-state index in [9.17, 15) is 4.79 Å². The second-order valence-corrected chi connectivity index (χ2v) is 6.41. The maximum absolute atomic E-state index is 12.6. The molecule has 1 aromatic carbocycles. The molecule has 25 heavy (non-hydrogen) atoms. The molecule has 1 aromatic rings.